The molecule has 0 aliphatic carbocycles. The summed E-state index contributed by atoms with van der Waals surface area (Å²) in [5.74, 6) is 0. The summed E-state index contributed by atoms with van der Waals surface area (Å²) in [5.41, 5.74) is 0. The summed E-state index contributed by atoms with van der Waals surface area (Å²) in [4.78, 5) is 0. The average molecular weight is 182 g/mol. The van der Waals surface area contributed by atoms with Crippen LogP contribution in [0, 0.1) is 0 Å². The fraction of sp³-hybridized carbons (Fsp3) is 1.00. The lowest BCUT2D eigenvalue weighted by Gasteiger charge is -2.28. The first-order valence-electron chi connectivity index (χ1n) is 3.68. The molecule has 1 atom stereocenters. The normalized spacial score (nSPS) is 30.3. The number of hydrogen-bond donors (Lipinski definition) is 1. The van der Waals surface area contributed by atoms with Crippen molar-refractivity contribution in [2.24, 2.45) is 0 Å². The Labute approximate surface area is 74.0 Å². The van der Waals surface area contributed by atoms with Gasteiger partial charge in [0.2, 0.25) is 0 Å². The highest BCUT2D eigenvalue weighted by molar-refractivity contribution is 4.55. The minimum absolute atomic E-state index is 0. The van der Waals surface area contributed by atoms with E-state index in [2.05, 4.69) is 14.1 Å². The molecule has 0 aromatic heterocycles. The Morgan fingerprint density at radius 3 is 2.73 bits per heavy atom. The van der Waals surface area contributed by atoms with Crippen LogP contribution in [0.15, 0.2) is 0 Å². The number of aliphatic hydroxyl groups excluding tert-OH is 1. The van der Waals surface area contributed by atoms with E-state index in [-0.39, 0.29) is 18.5 Å². The second-order valence-electron chi connectivity index (χ2n) is 3.57. The van der Waals surface area contributed by atoms with Crippen LogP contribution in [0.1, 0.15) is 0 Å². The molecule has 0 amide bonds. The van der Waals surface area contributed by atoms with Crippen LogP contribution in [0.25, 0.3) is 0 Å². The molecule has 0 saturated carbocycles. The molecule has 68 valence electrons. The van der Waals surface area contributed by atoms with Crippen molar-refractivity contribution < 1.29 is 26.7 Å². The maximum absolute atomic E-state index is 9.28. The quantitative estimate of drug-likeness (QED) is 0.393. The van der Waals surface area contributed by atoms with Gasteiger partial charge in [0.05, 0.1) is 27.3 Å². The summed E-state index contributed by atoms with van der Waals surface area (Å²) in [7, 11) is 4.22. The molecule has 0 radical (unpaired) electrons. The van der Waals surface area contributed by atoms with Crippen molar-refractivity contribution >= 4 is 0 Å². The van der Waals surface area contributed by atoms with Gasteiger partial charge in [0.1, 0.15) is 19.2 Å². The van der Waals surface area contributed by atoms with Gasteiger partial charge < -0.3 is 26.7 Å². The Balaban J connectivity index is 0.000001000. The molecule has 1 aliphatic rings. The molecule has 1 unspecified atom stereocenters. The van der Waals surface area contributed by atoms with Gasteiger partial charge in [0.25, 0.3) is 0 Å². The van der Waals surface area contributed by atoms with E-state index in [1.165, 1.54) is 0 Å². The summed E-state index contributed by atoms with van der Waals surface area (Å²) in [6.45, 7) is 3.07. The van der Waals surface area contributed by atoms with E-state index in [9.17, 15) is 5.11 Å². The number of halogens is 1. The van der Waals surface area contributed by atoms with E-state index in [1.807, 2.05) is 0 Å². The second kappa shape index (κ2) is 4.26. The van der Waals surface area contributed by atoms with E-state index in [0.29, 0.717) is 6.61 Å². The molecular formula is C7H16ClNO2. The summed E-state index contributed by atoms with van der Waals surface area (Å²) >= 11 is 0. The summed E-state index contributed by atoms with van der Waals surface area (Å²) in [6.07, 6.45) is -0.280. The molecule has 4 heteroatoms. The first-order chi connectivity index (χ1) is 4.60. The predicted octanol–water partition coefficient (Wildman–Crippen LogP) is -3.54. The van der Waals surface area contributed by atoms with Crippen molar-refractivity contribution in [3.05, 3.63) is 0 Å². The number of nitrogens with zero attached hydrogens (tertiary/aromatic N) is 1. The summed E-state index contributed by atoms with van der Waals surface area (Å²) in [6, 6.07) is 0. The number of ether oxygens (including phenoxy) is 1. The molecule has 3 nitrogen and oxygen atoms in total. The maximum Gasteiger partial charge on any atom is 0.126 e. The summed E-state index contributed by atoms with van der Waals surface area (Å²) < 4.78 is 6.04. The SMILES string of the molecule is C[N+]1(C)CCOCC(O)C1.[Cl-]. The van der Waals surface area contributed by atoms with Crippen LogP contribution in [-0.2, 0) is 4.74 Å². The van der Waals surface area contributed by atoms with Crippen LogP contribution in [0.3, 0.4) is 0 Å². The largest absolute Gasteiger partial charge is 1.00 e. The van der Waals surface area contributed by atoms with Gasteiger partial charge in [0.15, 0.2) is 0 Å². The molecule has 0 aromatic carbocycles. The first-order valence-corrected chi connectivity index (χ1v) is 3.68. The summed E-state index contributed by atoms with van der Waals surface area (Å²) in [5, 5.41) is 9.28. The minimum Gasteiger partial charge on any atom is -1.00 e. The van der Waals surface area contributed by atoms with Crippen LogP contribution >= 0.6 is 0 Å². The molecular weight excluding hydrogens is 166 g/mol. The van der Waals surface area contributed by atoms with Gasteiger partial charge >= 0.3 is 0 Å². The standard InChI is InChI=1S/C7H16NO2.ClH/c1-8(2)3-4-10-6-7(9)5-8;/h7,9H,3-6H2,1-2H3;1H/q+1;/p-1. The zero-order valence-electron chi connectivity index (χ0n) is 7.09. The van der Waals surface area contributed by atoms with Gasteiger partial charge in [0, 0.05) is 0 Å². The van der Waals surface area contributed by atoms with Gasteiger partial charge in [-0.3, -0.25) is 0 Å². The van der Waals surface area contributed by atoms with Crippen molar-refractivity contribution in [3.63, 3.8) is 0 Å². The van der Waals surface area contributed by atoms with Crippen molar-refractivity contribution in [1.82, 2.24) is 0 Å². The Kier molecular flexibility index (Phi) is 4.32. The number of likely N-dealkylation sites (N-methyl/N-ethyl adjacent to an activating group) is 1. The first kappa shape index (κ1) is 11.2. The van der Waals surface area contributed by atoms with Gasteiger partial charge in [-0.15, -0.1) is 0 Å². The molecule has 0 bridgehead atoms. The van der Waals surface area contributed by atoms with E-state index >= 15 is 0 Å². The third-order valence-electron chi connectivity index (χ3n) is 1.86. The van der Waals surface area contributed by atoms with Crippen LogP contribution in [0.2, 0.25) is 0 Å². The third kappa shape index (κ3) is 3.91. The van der Waals surface area contributed by atoms with Gasteiger partial charge in [-0.1, -0.05) is 0 Å². The minimum atomic E-state index is -0.280. The fourth-order valence-corrected chi connectivity index (χ4v) is 1.25. The number of hydrogen-bond acceptors (Lipinski definition) is 2. The highest BCUT2D eigenvalue weighted by atomic mass is 35.5. The Morgan fingerprint density at radius 1 is 1.45 bits per heavy atom. The molecule has 0 aromatic rings. The lowest BCUT2D eigenvalue weighted by molar-refractivity contribution is -0.891. The van der Waals surface area contributed by atoms with E-state index < -0.39 is 0 Å². The zero-order chi connectivity index (χ0) is 7.61. The molecule has 0 spiro atoms. The van der Waals surface area contributed by atoms with E-state index in [0.717, 1.165) is 24.2 Å². The van der Waals surface area contributed by atoms with Crippen LogP contribution in [-0.4, -0.2) is 56.1 Å². The smallest absolute Gasteiger partial charge is 0.126 e. The molecule has 1 fully saturated rings. The molecule has 1 N–H and O–H groups in total. The third-order valence-corrected chi connectivity index (χ3v) is 1.86. The molecule has 1 aliphatic heterocycles. The molecule has 11 heavy (non-hydrogen) atoms. The number of aliphatic hydroxyl groups is 1. The average Bonchev–Trinajstić information content (AvgIpc) is 1.90. The van der Waals surface area contributed by atoms with Gasteiger partial charge in [-0.25, -0.2) is 0 Å². The molecule has 1 saturated heterocycles. The highest BCUT2D eigenvalue weighted by Crippen LogP contribution is 2.04. The monoisotopic (exact) mass is 181 g/mol. The van der Waals surface area contributed by atoms with Crippen molar-refractivity contribution in [2.75, 3.05) is 40.4 Å². The van der Waals surface area contributed by atoms with Crippen LogP contribution in [0.4, 0.5) is 0 Å². The molecule has 1 rings (SSSR count). The van der Waals surface area contributed by atoms with Crippen molar-refractivity contribution in [2.45, 2.75) is 6.10 Å². The van der Waals surface area contributed by atoms with Gasteiger partial charge in [-0.2, -0.15) is 0 Å². The maximum atomic E-state index is 9.28. The van der Waals surface area contributed by atoms with Crippen LogP contribution in [0.5, 0.6) is 0 Å². The van der Waals surface area contributed by atoms with Gasteiger partial charge in [-0.05, 0) is 0 Å². The topological polar surface area (TPSA) is 29.5 Å². The van der Waals surface area contributed by atoms with Crippen molar-refractivity contribution in [3.8, 4) is 0 Å². The highest BCUT2D eigenvalue weighted by Gasteiger charge is 2.23. The Bertz CT molecular complexity index is 119. The predicted molar refractivity (Wildman–Crippen MR) is 38.7 cm³/mol. The number of rotatable bonds is 0. The lowest BCUT2D eigenvalue weighted by atomic mass is 10.3. The van der Waals surface area contributed by atoms with E-state index in [4.69, 9.17) is 4.74 Å². The van der Waals surface area contributed by atoms with Crippen molar-refractivity contribution in [1.29, 1.82) is 0 Å². The fourth-order valence-electron chi connectivity index (χ4n) is 1.25. The number of quaternary nitrogens is 1. The zero-order valence-corrected chi connectivity index (χ0v) is 7.84. The Morgan fingerprint density at radius 2 is 2.09 bits per heavy atom. The second-order valence-corrected chi connectivity index (χ2v) is 3.57. The van der Waals surface area contributed by atoms with Crippen LogP contribution < -0.4 is 12.4 Å². The lowest BCUT2D eigenvalue weighted by Crippen LogP contribution is -3.00. The molecule has 1 heterocycles. The van der Waals surface area contributed by atoms with E-state index in [1.54, 1.807) is 0 Å². The Hall–Kier alpha value is 0.170.